The third kappa shape index (κ3) is 8.19. The van der Waals surface area contributed by atoms with Crippen LogP contribution in [-0.4, -0.2) is 39.7 Å². The molecule has 3 rings (SSSR count). The van der Waals surface area contributed by atoms with Gasteiger partial charge in [-0.3, -0.25) is 9.59 Å². The highest BCUT2D eigenvalue weighted by Crippen LogP contribution is 2.31. The lowest BCUT2D eigenvalue weighted by molar-refractivity contribution is -0.143. The summed E-state index contributed by atoms with van der Waals surface area (Å²) in [7, 11) is 0. The van der Waals surface area contributed by atoms with E-state index in [9.17, 15) is 19.5 Å². The summed E-state index contributed by atoms with van der Waals surface area (Å²) in [6, 6.07) is 12.9. The molecule has 0 saturated heterocycles. The summed E-state index contributed by atoms with van der Waals surface area (Å²) in [6.45, 7) is 5.86. The molecule has 0 spiro atoms. The molecule has 2 unspecified atom stereocenters. The van der Waals surface area contributed by atoms with Crippen LogP contribution >= 0.6 is 24.0 Å². The largest absolute Gasteiger partial charge is 0.480 e. The maximum absolute atomic E-state index is 12.9. The van der Waals surface area contributed by atoms with E-state index < -0.39 is 28.7 Å². The second kappa shape index (κ2) is 12.8. The molecule has 1 heterocycles. The van der Waals surface area contributed by atoms with Crippen LogP contribution in [0.4, 0.5) is 0 Å². The van der Waals surface area contributed by atoms with Gasteiger partial charge in [0.25, 0.3) is 0 Å². The number of amides is 2. The lowest BCUT2D eigenvalue weighted by Gasteiger charge is -2.32. The number of carbonyl (C=O) groups is 3. The summed E-state index contributed by atoms with van der Waals surface area (Å²) in [6.07, 6.45) is 2.87. The SMILES string of the molecule is CC(C)C(S)C(=O)NC1(C(=O)NC(Cc2cccs2)C(=O)O)CCCC1.Cc1ccccc1. The molecule has 2 atom stereocenters. The van der Waals surface area contributed by atoms with Gasteiger partial charge in [0.2, 0.25) is 11.8 Å². The van der Waals surface area contributed by atoms with E-state index in [1.165, 1.54) is 16.9 Å². The number of carbonyl (C=O) groups excluding carboxylic acids is 2. The molecule has 0 radical (unpaired) electrons. The minimum Gasteiger partial charge on any atom is -0.480 e. The topological polar surface area (TPSA) is 95.5 Å². The number of hydrogen-bond donors (Lipinski definition) is 4. The first-order chi connectivity index (χ1) is 15.6. The average Bonchev–Trinajstić information content (AvgIpc) is 3.46. The van der Waals surface area contributed by atoms with Crippen molar-refractivity contribution in [2.45, 2.75) is 69.7 Å². The van der Waals surface area contributed by atoms with Crippen molar-refractivity contribution in [1.29, 1.82) is 0 Å². The first-order valence-corrected chi connectivity index (χ1v) is 12.6. The van der Waals surface area contributed by atoms with Crippen LogP contribution in [0.5, 0.6) is 0 Å². The number of aliphatic carboxylic acids is 1. The van der Waals surface area contributed by atoms with E-state index in [1.54, 1.807) is 0 Å². The summed E-state index contributed by atoms with van der Waals surface area (Å²) in [5.74, 6) is -1.76. The first kappa shape index (κ1) is 26.9. The van der Waals surface area contributed by atoms with Crippen LogP contribution in [-0.2, 0) is 20.8 Å². The second-order valence-corrected chi connectivity index (χ2v) is 10.4. The van der Waals surface area contributed by atoms with Gasteiger partial charge < -0.3 is 15.7 Å². The van der Waals surface area contributed by atoms with Crippen LogP contribution < -0.4 is 10.6 Å². The highest BCUT2D eigenvalue weighted by molar-refractivity contribution is 7.81. The van der Waals surface area contributed by atoms with Gasteiger partial charge in [-0.15, -0.1) is 11.3 Å². The first-order valence-electron chi connectivity index (χ1n) is 11.2. The smallest absolute Gasteiger partial charge is 0.326 e. The number of aryl methyl sites for hydroxylation is 1. The van der Waals surface area contributed by atoms with Crippen molar-refractivity contribution in [3.05, 3.63) is 58.3 Å². The fourth-order valence-electron chi connectivity index (χ4n) is 3.66. The predicted octanol–water partition coefficient (Wildman–Crippen LogP) is 4.24. The second-order valence-electron chi connectivity index (χ2n) is 8.77. The molecular formula is C25H34N2O4S2. The van der Waals surface area contributed by atoms with E-state index in [0.717, 1.165) is 17.7 Å². The maximum atomic E-state index is 12.9. The zero-order valence-corrected chi connectivity index (χ0v) is 21.1. The van der Waals surface area contributed by atoms with Crippen LogP contribution in [0.2, 0.25) is 0 Å². The minimum absolute atomic E-state index is 0.0328. The van der Waals surface area contributed by atoms with E-state index in [0.29, 0.717) is 12.8 Å². The number of thiophene rings is 1. The summed E-state index contributed by atoms with van der Waals surface area (Å²) in [4.78, 5) is 37.8. The molecule has 1 saturated carbocycles. The Bertz CT molecular complexity index is 894. The average molecular weight is 491 g/mol. The van der Waals surface area contributed by atoms with Crippen LogP contribution in [0, 0.1) is 12.8 Å². The van der Waals surface area contributed by atoms with Gasteiger partial charge in [0.05, 0.1) is 5.25 Å². The zero-order chi connectivity index (χ0) is 24.4. The highest BCUT2D eigenvalue weighted by Gasteiger charge is 2.44. The summed E-state index contributed by atoms with van der Waals surface area (Å²) < 4.78 is 0. The lowest BCUT2D eigenvalue weighted by Crippen LogP contribution is -2.61. The van der Waals surface area contributed by atoms with Gasteiger partial charge >= 0.3 is 5.97 Å². The monoisotopic (exact) mass is 490 g/mol. The van der Waals surface area contributed by atoms with E-state index >= 15 is 0 Å². The number of carboxylic acid groups (broad SMARTS) is 1. The van der Waals surface area contributed by atoms with Crippen molar-refractivity contribution in [3.63, 3.8) is 0 Å². The zero-order valence-electron chi connectivity index (χ0n) is 19.4. The standard InChI is InChI=1S/C18H26N2O4S2.C7H8/c1-11(2)14(25)15(21)20-18(7-3-4-8-18)17(24)19-13(16(22)23)10-12-6-5-9-26-12;1-7-5-3-2-4-6-7/h5-6,9,11,13-14,25H,3-4,7-8,10H2,1-2H3,(H,19,24)(H,20,21)(H,22,23);2-6H,1H3. The van der Waals surface area contributed by atoms with Gasteiger partial charge in [-0.2, -0.15) is 12.6 Å². The van der Waals surface area contributed by atoms with Crippen LogP contribution in [0.3, 0.4) is 0 Å². The third-order valence-corrected chi connectivity index (χ3v) is 7.41. The normalized spacial score (nSPS) is 16.3. The molecule has 2 aromatic rings. The van der Waals surface area contributed by atoms with Crippen molar-refractivity contribution >= 4 is 41.7 Å². The van der Waals surface area contributed by atoms with Gasteiger partial charge in [0, 0.05) is 11.3 Å². The quantitative estimate of drug-likeness (QED) is 0.416. The molecule has 180 valence electrons. The minimum atomic E-state index is -1.08. The Kier molecular flexibility index (Phi) is 10.4. The van der Waals surface area contributed by atoms with E-state index in [1.807, 2.05) is 49.6 Å². The van der Waals surface area contributed by atoms with Gasteiger partial charge in [-0.05, 0) is 37.1 Å². The summed E-state index contributed by atoms with van der Waals surface area (Å²) in [5, 5.41) is 16.3. The Morgan fingerprint density at radius 2 is 1.73 bits per heavy atom. The molecule has 1 fully saturated rings. The molecule has 2 amide bonds. The number of rotatable bonds is 8. The van der Waals surface area contributed by atoms with Crippen molar-refractivity contribution < 1.29 is 19.5 Å². The molecule has 1 aromatic carbocycles. The fraction of sp³-hybridized carbons (Fsp3) is 0.480. The predicted molar refractivity (Wildman–Crippen MR) is 136 cm³/mol. The Balaban J connectivity index is 0.000000468. The van der Waals surface area contributed by atoms with Gasteiger partial charge in [-0.1, -0.05) is 68.7 Å². The van der Waals surface area contributed by atoms with E-state index in [4.69, 9.17) is 0 Å². The molecule has 0 aliphatic heterocycles. The Labute approximate surface area is 205 Å². The molecule has 0 bridgehead atoms. The van der Waals surface area contributed by atoms with Gasteiger partial charge in [-0.25, -0.2) is 4.79 Å². The van der Waals surface area contributed by atoms with Crippen molar-refractivity contribution in [2.24, 2.45) is 5.92 Å². The van der Waals surface area contributed by atoms with Crippen LogP contribution in [0.1, 0.15) is 50.0 Å². The van der Waals surface area contributed by atoms with Crippen LogP contribution in [0.25, 0.3) is 0 Å². The number of hydrogen-bond acceptors (Lipinski definition) is 5. The van der Waals surface area contributed by atoms with Gasteiger partial charge in [0.1, 0.15) is 11.6 Å². The highest BCUT2D eigenvalue weighted by atomic mass is 32.1. The Hall–Kier alpha value is -2.32. The molecule has 3 N–H and O–H groups in total. The molecule has 6 nitrogen and oxygen atoms in total. The summed E-state index contributed by atoms with van der Waals surface area (Å²) >= 11 is 5.77. The number of benzene rings is 1. The number of thiol groups is 1. The van der Waals surface area contributed by atoms with Crippen molar-refractivity contribution in [3.8, 4) is 0 Å². The Morgan fingerprint density at radius 1 is 1.09 bits per heavy atom. The molecule has 1 aromatic heterocycles. The number of carboxylic acids is 1. The molecule has 33 heavy (non-hydrogen) atoms. The molecular weight excluding hydrogens is 456 g/mol. The maximum Gasteiger partial charge on any atom is 0.326 e. The lowest BCUT2D eigenvalue weighted by atomic mass is 9.94. The van der Waals surface area contributed by atoms with E-state index in [2.05, 4.69) is 42.3 Å². The van der Waals surface area contributed by atoms with Crippen LogP contribution in [0.15, 0.2) is 47.8 Å². The molecule has 1 aliphatic rings. The Morgan fingerprint density at radius 3 is 2.18 bits per heavy atom. The molecule has 8 heteroatoms. The van der Waals surface area contributed by atoms with Crippen molar-refractivity contribution in [1.82, 2.24) is 10.6 Å². The molecule has 1 aliphatic carbocycles. The summed E-state index contributed by atoms with van der Waals surface area (Å²) in [5.41, 5.74) is 0.276. The van der Waals surface area contributed by atoms with Gasteiger partial charge in [0.15, 0.2) is 0 Å². The van der Waals surface area contributed by atoms with Crippen molar-refractivity contribution in [2.75, 3.05) is 0 Å². The fourth-order valence-corrected chi connectivity index (χ4v) is 4.48. The third-order valence-electron chi connectivity index (χ3n) is 5.68. The number of nitrogens with one attached hydrogen (secondary N) is 2. The van der Waals surface area contributed by atoms with E-state index in [-0.39, 0.29) is 18.2 Å².